The van der Waals surface area contributed by atoms with E-state index in [2.05, 4.69) is 0 Å². The molecule has 0 bridgehead atoms. The molecule has 3 atom stereocenters. The Morgan fingerprint density at radius 3 is 2.60 bits per heavy atom. The van der Waals surface area contributed by atoms with E-state index in [1.165, 1.54) is 7.11 Å². The fourth-order valence-corrected chi connectivity index (χ4v) is 4.13. The molecule has 0 aromatic rings. The molecule has 0 radical (unpaired) electrons. The molecule has 3 fully saturated rings. The molecule has 0 aromatic heterocycles. The third-order valence-corrected chi connectivity index (χ3v) is 5.47. The molecule has 1 saturated heterocycles. The van der Waals surface area contributed by atoms with Crippen molar-refractivity contribution < 1.29 is 23.8 Å². The van der Waals surface area contributed by atoms with Crippen LogP contribution in [0.15, 0.2) is 0 Å². The molecule has 1 spiro atoms. The van der Waals surface area contributed by atoms with Crippen LogP contribution in [-0.4, -0.2) is 37.9 Å². The number of ether oxygens (including phenoxy) is 3. The Hall–Kier alpha value is -0.940. The van der Waals surface area contributed by atoms with E-state index < -0.39 is 17.1 Å². The first-order valence-corrected chi connectivity index (χ1v) is 7.41. The van der Waals surface area contributed by atoms with Gasteiger partial charge in [-0.25, -0.2) is 0 Å². The average Bonchev–Trinajstić information content (AvgIpc) is 2.90. The number of Topliss-reactive ketones (excluding diaryl/α,β-unsaturated/α-hetero) is 1. The molecule has 20 heavy (non-hydrogen) atoms. The van der Waals surface area contributed by atoms with Crippen molar-refractivity contribution >= 4 is 11.8 Å². The van der Waals surface area contributed by atoms with Crippen molar-refractivity contribution in [3.8, 4) is 0 Å². The van der Waals surface area contributed by atoms with Gasteiger partial charge in [0.2, 0.25) is 0 Å². The van der Waals surface area contributed by atoms with Crippen LogP contribution in [0.5, 0.6) is 0 Å². The summed E-state index contributed by atoms with van der Waals surface area (Å²) in [5.74, 6) is -1.15. The van der Waals surface area contributed by atoms with Crippen LogP contribution in [0.4, 0.5) is 0 Å². The Kier molecular flexibility index (Phi) is 3.37. The second kappa shape index (κ2) is 4.81. The summed E-state index contributed by atoms with van der Waals surface area (Å²) in [6, 6.07) is 0. The van der Waals surface area contributed by atoms with E-state index in [1.807, 2.05) is 6.92 Å². The van der Waals surface area contributed by atoms with Crippen LogP contribution in [-0.2, 0) is 23.8 Å². The van der Waals surface area contributed by atoms with Gasteiger partial charge in [-0.2, -0.15) is 0 Å². The Balaban J connectivity index is 1.79. The van der Waals surface area contributed by atoms with Gasteiger partial charge in [0.15, 0.2) is 11.6 Å². The Morgan fingerprint density at radius 1 is 1.25 bits per heavy atom. The maximum atomic E-state index is 12.7. The fraction of sp³-hybridized carbons (Fsp3) is 0.867. The molecule has 112 valence electrons. The van der Waals surface area contributed by atoms with Crippen molar-refractivity contribution in [2.24, 2.45) is 17.3 Å². The van der Waals surface area contributed by atoms with Crippen LogP contribution in [0.3, 0.4) is 0 Å². The summed E-state index contributed by atoms with van der Waals surface area (Å²) >= 11 is 0. The molecule has 3 rings (SSSR count). The number of carbonyl (C=O) groups excluding carboxylic acids is 2. The molecular formula is C15H22O5. The molecule has 1 aliphatic heterocycles. The van der Waals surface area contributed by atoms with E-state index in [9.17, 15) is 9.59 Å². The highest BCUT2D eigenvalue weighted by molar-refractivity contribution is 6.02. The van der Waals surface area contributed by atoms with E-state index in [0.29, 0.717) is 19.6 Å². The second-order valence-corrected chi connectivity index (χ2v) is 6.44. The summed E-state index contributed by atoms with van der Waals surface area (Å²) in [5, 5.41) is 0. The molecule has 0 N–H and O–H groups in total. The molecule has 5 heteroatoms. The fourth-order valence-electron chi connectivity index (χ4n) is 4.13. The van der Waals surface area contributed by atoms with Gasteiger partial charge in [0.05, 0.1) is 20.3 Å². The third kappa shape index (κ3) is 1.99. The van der Waals surface area contributed by atoms with Crippen LogP contribution in [0.25, 0.3) is 0 Å². The SMILES string of the molecule is COC(=O)C1CCC2CC3(CCC2(C)C1=O)OCCO3. The highest BCUT2D eigenvalue weighted by Gasteiger charge is 2.57. The summed E-state index contributed by atoms with van der Waals surface area (Å²) in [6.45, 7) is 3.28. The Bertz CT molecular complexity index is 426. The van der Waals surface area contributed by atoms with E-state index in [0.717, 1.165) is 25.7 Å². The van der Waals surface area contributed by atoms with E-state index >= 15 is 0 Å². The molecule has 0 amide bonds. The van der Waals surface area contributed by atoms with E-state index in [-0.39, 0.29) is 17.7 Å². The molecule has 5 nitrogen and oxygen atoms in total. The lowest BCUT2D eigenvalue weighted by Crippen LogP contribution is -2.53. The van der Waals surface area contributed by atoms with Gasteiger partial charge >= 0.3 is 5.97 Å². The lowest BCUT2D eigenvalue weighted by Gasteiger charge is -2.50. The summed E-state index contributed by atoms with van der Waals surface area (Å²) < 4.78 is 16.3. The van der Waals surface area contributed by atoms with Crippen molar-refractivity contribution in [1.82, 2.24) is 0 Å². The van der Waals surface area contributed by atoms with Crippen molar-refractivity contribution in [2.45, 2.75) is 44.8 Å². The van der Waals surface area contributed by atoms with Gasteiger partial charge in [-0.15, -0.1) is 0 Å². The van der Waals surface area contributed by atoms with E-state index in [4.69, 9.17) is 14.2 Å². The topological polar surface area (TPSA) is 61.8 Å². The minimum absolute atomic E-state index is 0.0495. The molecule has 2 aliphatic carbocycles. The zero-order chi connectivity index (χ0) is 14.4. The number of ketones is 1. The summed E-state index contributed by atoms with van der Waals surface area (Å²) in [6.07, 6.45) is 3.67. The third-order valence-electron chi connectivity index (χ3n) is 5.47. The lowest BCUT2D eigenvalue weighted by molar-refractivity contribution is -0.211. The van der Waals surface area contributed by atoms with Crippen molar-refractivity contribution in [1.29, 1.82) is 0 Å². The van der Waals surface area contributed by atoms with Crippen molar-refractivity contribution in [3.05, 3.63) is 0 Å². The zero-order valence-corrected chi connectivity index (χ0v) is 12.1. The minimum atomic E-state index is -0.583. The number of hydrogen-bond acceptors (Lipinski definition) is 5. The smallest absolute Gasteiger partial charge is 0.316 e. The van der Waals surface area contributed by atoms with Gasteiger partial charge in [0.1, 0.15) is 5.92 Å². The first kappa shape index (κ1) is 14.0. The average molecular weight is 282 g/mol. The first-order chi connectivity index (χ1) is 9.51. The Morgan fingerprint density at radius 2 is 1.95 bits per heavy atom. The normalized spacial score (nSPS) is 39.6. The monoisotopic (exact) mass is 282 g/mol. The number of carbonyl (C=O) groups is 2. The highest BCUT2D eigenvalue weighted by Crippen LogP contribution is 2.54. The quantitative estimate of drug-likeness (QED) is 0.541. The first-order valence-electron chi connectivity index (χ1n) is 7.41. The Labute approximate surface area is 118 Å². The molecule has 3 unspecified atom stereocenters. The van der Waals surface area contributed by atoms with Gasteiger partial charge < -0.3 is 14.2 Å². The largest absolute Gasteiger partial charge is 0.468 e. The van der Waals surface area contributed by atoms with Crippen molar-refractivity contribution in [3.63, 3.8) is 0 Å². The number of fused-ring (bicyclic) bond motifs is 1. The molecule has 0 aromatic carbocycles. The predicted molar refractivity (Wildman–Crippen MR) is 69.8 cm³/mol. The number of esters is 1. The maximum Gasteiger partial charge on any atom is 0.316 e. The lowest BCUT2D eigenvalue weighted by atomic mass is 9.56. The molecule has 1 heterocycles. The number of hydrogen-bond donors (Lipinski definition) is 0. The van der Waals surface area contributed by atoms with Gasteiger partial charge in [0.25, 0.3) is 0 Å². The second-order valence-electron chi connectivity index (χ2n) is 6.44. The zero-order valence-electron chi connectivity index (χ0n) is 12.1. The number of rotatable bonds is 1. The van der Waals surface area contributed by atoms with Gasteiger partial charge in [-0.3, -0.25) is 9.59 Å². The predicted octanol–water partition coefficient (Wildman–Crippen LogP) is 1.69. The highest BCUT2D eigenvalue weighted by atomic mass is 16.7. The van der Waals surface area contributed by atoms with Crippen LogP contribution in [0.2, 0.25) is 0 Å². The van der Waals surface area contributed by atoms with Crippen LogP contribution in [0, 0.1) is 17.3 Å². The summed E-state index contributed by atoms with van der Waals surface area (Å²) in [5.41, 5.74) is -0.433. The van der Waals surface area contributed by atoms with Gasteiger partial charge in [-0.05, 0) is 25.2 Å². The van der Waals surface area contributed by atoms with Crippen molar-refractivity contribution in [2.75, 3.05) is 20.3 Å². The standard InChI is InChI=1S/C15H22O5/c1-14-5-6-15(19-7-8-20-15)9-10(14)3-4-11(12(14)16)13(17)18-2/h10-11H,3-9H2,1-2H3. The minimum Gasteiger partial charge on any atom is -0.468 e. The van der Waals surface area contributed by atoms with Crippen LogP contribution < -0.4 is 0 Å². The van der Waals surface area contributed by atoms with Crippen LogP contribution >= 0.6 is 0 Å². The summed E-state index contributed by atoms with van der Waals surface area (Å²) in [7, 11) is 1.35. The van der Waals surface area contributed by atoms with Gasteiger partial charge in [-0.1, -0.05) is 6.92 Å². The molecule has 3 aliphatic rings. The van der Waals surface area contributed by atoms with Gasteiger partial charge in [0, 0.05) is 18.3 Å². The van der Waals surface area contributed by atoms with E-state index in [1.54, 1.807) is 0 Å². The number of methoxy groups -OCH3 is 1. The maximum absolute atomic E-state index is 12.7. The summed E-state index contributed by atoms with van der Waals surface area (Å²) in [4.78, 5) is 24.5. The van der Waals surface area contributed by atoms with Crippen LogP contribution in [0.1, 0.15) is 39.0 Å². The molecule has 2 saturated carbocycles. The molecular weight excluding hydrogens is 260 g/mol.